The summed E-state index contributed by atoms with van der Waals surface area (Å²) in [6.45, 7) is 4.87. The van der Waals surface area contributed by atoms with E-state index < -0.39 is 0 Å². The molecule has 0 fully saturated rings. The number of amides is 1. The maximum absolute atomic E-state index is 12.8. The maximum Gasteiger partial charge on any atom is 0.252 e. The Kier molecular flexibility index (Phi) is 5.51. The van der Waals surface area contributed by atoms with E-state index in [1.807, 2.05) is 42.5 Å². The molecule has 24 heavy (non-hydrogen) atoms. The van der Waals surface area contributed by atoms with Crippen LogP contribution in [0.15, 0.2) is 51.8 Å². The van der Waals surface area contributed by atoms with Crippen LogP contribution in [-0.2, 0) is 0 Å². The fourth-order valence-electron chi connectivity index (χ4n) is 2.76. The molecule has 1 heterocycles. The van der Waals surface area contributed by atoms with Gasteiger partial charge in [-0.05, 0) is 30.3 Å². The van der Waals surface area contributed by atoms with Crippen LogP contribution < -0.4 is 10.1 Å². The molecule has 5 heteroatoms. The minimum atomic E-state index is -0.0316. The van der Waals surface area contributed by atoms with E-state index in [4.69, 9.17) is 4.74 Å². The van der Waals surface area contributed by atoms with Crippen LogP contribution in [0.2, 0.25) is 0 Å². The summed E-state index contributed by atoms with van der Waals surface area (Å²) in [4.78, 5) is 13.9. The number of nitrogens with one attached hydrogen (secondary N) is 1. The third-order valence-electron chi connectivity index (χ3n) is 3.81. The monoisotopic (exact) mass is 405 g/mol. The van der Waals surface area contributed by atoms with Crippen molar-refractivity contribution in [3.05, 3.63) is 58.1 Å². The van der Waals surface area contributed by atoms with E-state index in [-0.39, 0.29) is 11.9 Å². The molecule has 0 aromatic heterocycles. The van der Waals surface area contributed by atoms with Gasteiger partial charge in [-0.1, -0.05) is 41.9 Å². The lowest BCUT2D eigenvalue weighted by Crippen LogP contribution is -2.32. The van der Waals surface area contributed by atoms with Gasteiger partial charge in [-0.2, -0.15) is 0 Å². The van der Waals surface area contributed by atoms with Gasteiger partial charge in [0, 0.05) is 26.6 Å². The Morgan fingerprint density at radius 1 is 1.29 bits per heavy atom. The minimum absolute atomic E-state index is 0.0309. The highest BCUT2D eigenvalue weighted by atomic mass is 79.9. The second kappa shape index (κ2) is 7.62. The second-order valence-electron chi connectivity index (χ2n) is 6.01. The zero-order chi connectivity index (χ0) is 17.1. The summed E-state index contributed by atoms with van der Waals surface area (Å²) in [6, 6.07) is 13.7. The van der Waals surface area contributed by atoms with E-state index in [1.165, 1.54) is 0 Å². The van der Waals surface area contributed by atoms with E-state index in [0.717, 1.165) is 32.7 Å². The molecule has 126 valence electrons. The van der Waals surface area contributed by atoms with Gasteiger partial charge in [0.1, 0.15) is 5.75 Å². The molecule has 0 radical (unpaired) electrons. The molecule has 1 amide bonds. The normalized spacial score (nSPS) is 16.4. The van der Waals surface area contributed by atoms with Crippen LogP contribution in [-0.4, -0.2) is 17.8 Å². The number of carbonyl (C=O) groups is 1. The zero-order valence-electron chi connectivity index (χ0n) is 13.7. The van der Waals surface area contributed by atoms with Gasteiger partial charge < -0.3 is 10.1 Å². The minimum Gasteiger partial charge on any atom is -0.493 e. The summed E-state index contributed by atoms with van der Waals surface area (Å²) in [7, 11) is 0. The quantitative estimate of drug-likeness (QED) is 0.709. The Morgan fingerprint density at radius 2 is 2.08 bits per heavy atom. The summed E-state index contributed by atoms with van der Waals surface area (Å²) < 4.78 is 6.68. The van der Waals surface area contributed by atoms with Crippen molar-refractivity contribution in [3.8, 4) is 5.75 Å². The van der Waals surface area contributed by atoms with Gasteiger partial charge in [0.05, 0.1) is 18.2 Å². The highest BCUT2D eigenvalue weighted by molar-refractivity contribution is 9.10. The summed E-state index contributed by atoms with van der Waals surface area (Å²) in [5.41, 5.74) is 1.76. The number of hydrogen-bond donors (Lipinski definition) is 1. The van der Waals surface area contributed by atoms with Gasteiger partial charge in [0.25, 0.3) is 5.91 Å². The largest absolute Gasteiger partial charge is 0.493 e. The molecule has 0 saturated heterocycles. The Balaban J connectivity index is 1.83. The fraction of sp³-hybridized carbons (Fsp3) is 0.316. The number of thioether (sulfide) groups is 1. The van der Waals surface area contributed by atoms with Crippen molar-refractivity contribution < 1.29 is 9.53 Å². The number of hydrogen-bond acceptors (Lipinski definition) is 3. The maximum atomic E-state index is 12.8. The molecule has 3 nitrogen and oxygen atoms in total. The van der Waals surface area contributed by atoms with Gasteiger partial charge >= 0.3 is 0 Å². The standard InChI is InChI=1S/C19H20BrNO2S/c1-12(2)24-18-6-4-3-5-14(18)19(22)21-16-9-10-23-17-8-7-13(20)11-15(16)17/h3-8,11-12,16H,9-10H2,1-2H3,(H,21,22). The molecule has 1 atom stereocenters. The fourth-order valence-corrected chi connectivity index (χ4v) is 4.09. The third kappa shape index (κ3) is 3.95. The SMILES string of the molecule is CC(C)Sc1ccccc1C(=O)NC1CCOc2ccc(Br)cc21. The van der Waals surface area contributed by atoms with Crippen LogP contribution in [0, 0.1) is 0 Å². The van der Waals surface area contributed by atoms with Gasteiger partial charge in [0.15, 0.2) is 0 Å². The van der Waals surface area contributed by atoms with Gasteiger partial charge in [-0.25, -0.2) is 0 Å². The lowest BCUT2D eigenvalue weighted by Gasteiger charge is -2.27. The highest BCUT2D eigenvalue weighted by Crippen LogP contribution is 2.35. The third-order valence-corrected chi connectivity index (χ3v) is 5.39. The average Bonchev–Trinajstić information content (AvgIpc) is 2.55. The van der Waals surface area contributed by atoms with Crippen LogP contribution in [0.5, 0.6) is 5.75 Å². The zero-order valence-corrected chi connectivity index (χ0v) is 16.1. The average molecular weight is 406 g/mol. The molecule has 2 aromatic rings. The number of benzene rings is 2. The summed E-state index contributed by atoms with van der Waals surface area (Å²) in [5, 5.41) is 3.61. The van der Waals surface area contributed by atoms with E-state index in [1.54, 1.807) is 11.8 Å². The topological polar surface area (TPSA) is 38.3 Å². The number of fused-ring (bicyclic) bond motifs is 1. The van der Waals surface area contributed by atoms with Crippen molar-refractivity contribution in [3.63, 3.8) is 0 Å². The molecule has 3 rings (SSSR count). The Labute approximate surface area is 155 Å². The molecule has 1 aliphatic heterocycles. The molecule has 2 aromatic carbocycles. The molecule has 0 aliphatic carbocycles. The molecule has 0 bridgehead atoms. The van der Waals surface area contributed by atoms with Crippen LogP contribution in [0.1, 0.15) is 42.2 Å². The van der Waals surface area contributed by atoms with E-state index in [2.05, 4.69) is 35.1 Å². The first kappa shape index (κ1) is 17.4. The summed E-state index contributed by atoms with van der Waals surface area (Å²) in [6.07, 6.45) is 0.773. The first-order valence-electron chi connectivity index (χ1n) is 8.03. The van der Waals surface area contributed by atoms with E-state index in [9.17, 15) is 4.79 Å². The van der Waals surface area contributed by atoms with Crippen molar-refractivity contribution in [2.45, 2.75) is 36.5 Å². The van der Waals surface area contributed by atoms with Crippen LogP contribution in [0.25, 0.3) is 0 Å². The van der Waals surface area contributed by atoms with Gasteiger partial charge in [-0.3, -0.25) is 4.79 Å². The number of carbonyl (C=O) groups excluding carboxylic acids is 1. The van der Waals surface area contributed by atoms with Crippen LogP contribution in [0.3, 0.4) is 0 Å². The molecular formula is C19H20BrNO2S. The second-order valence-corrected chi connectivity index (χ2v) is 8.54. The summed E-state index contributed by atoms with van der Waals surface area (Å²) in [5.74, 6) is 0.816. The van der Waals surface area contributed by atoms with Crippen molar-refractivity contribution in [2.75, 3.05) is 6.61 Å². The molecule has 1 aliphatic rings. The van der Waals surface area contributed by atoms with E-state index >= 15 is 0 Å². The predicted octanol–water partition coefficient (Wildman–Crippen LogP) is 5.20. The van der Waals surface area contributed by atoms with Crippen molar-refractivity contribution in [1.29, 1.82) is 0 Å². The first-order valence-corrected chi connectivity index (χ1v) is 9.70. The van der Waals surface area contributed by atoms with Crippen LogP contribution >= 0.6 is 27.7 Å². The molecule has 0 saturated carbocycles. The smallest absolute Gasteiger partial charge is 0.252 e. The summed E-state index contributed by atoms with van der Waals surface area (Å²) >= 11 is 5.21. The molecular weight excluding hydrogens is 386 g/mol. The van der Waals surface area contributed by atoms with Crippen molar-refractivity contribution >= 4 is 33.6 Å². The van der Waals surface area contributed by atoms with E-state index in [0.29, 0.717) is 11.9 Å². The van der Waals surface area contributed by atoms with Gasteiger partial charge in [-0.15, -0.1) is 11.8 Å². The molecule has 1 unspecified atom stereocenters. The van der Waals surface area contributed by atoms with Crippen molar-refractivity contribution in [2.24, 2.45) is 0 Å². The van der Waals surface area contributed by atoms with Crippen LogP contribution in [0.4, 0.5) is 0 Å². The highest BCUT2D eigenvalue weighted by Gasteiger charge is 2.24. The Bertz CT molecular complexity index is 748. The predicted molar refractivity (Wildman–Crippen MR) is 102 cm³/mol. The van der Waals surface area contributed by atoms with Gasteiger partial charge in [0.2, 0.25) is 0 Å². The van der Waals surface area contributed by atoms with Crippen molar-refractivity contribution in [1.82, 2.24) is 5.32 Å². The number of rotatable bonds is 4. The Hall–Kier alpha value is -1.46. The number of halogens is 1. The lowest BCUT2D eigenvalue weighted by molar-refractivity contribution is 0.0922. The molecule has 0 spiro atoms. The Morgan fingerprint density at radius 3 is 2.88 bits per heavy atom. The molecule has 1 N–H and O–H groups in total. The first-order chi connectivity index (χ1) is 11.5. The number of ether oxygens (including phenoxy) is 1. The lowest BCUT2D eigenvalue weighted by atomic mass is 10.00.